The number of hydrogen-bond acceptors (Lipinski definition) is 5. The lowest BCUT2D eigenvalue weighted by atomic mass is 10.1. The normalized spacial score (nSPS) is 16.8. The number of nitrogens with zero attached hydrogens (tertiary/aromatic N) is 1. The van der Waals surface area contributed by atoms with E-state index in [4.69, 9.17) is 27.7 Å². The molecule has 1 aromatic carbocycles. The Morgan fingerprint density at radius 3 is 2.42 bits per heavy atom. The van der Waals surface area contributed by atoms with Crippen LogP contribution >= 0.6 is 0 Å². The van der Waals surface area contributed by atoms with Gasteiger partial charge in [-0.25, -0.2) is 0 Å². The minimum Gasteiger partial charge on any atom is -0.493 e. The Bertz CT molecular complexity index is 650. The van der Waals surface area contributed by atoms with Crippen molar-refractivity contribution in [2.75, 3.05) is 34.9 Å². The first-order valence-electron chi connectivity index (χ1n) is 8.19. The molecule has 5 heteroatoms. The minimum absolute atomic E-state index is 0.0460. The number of rotatable bonds is 6. The Hall–Kier alpha value is -2.19. The van der Waals surface area contributed by atoms with Gasteiger partial charge in [0.15, 0.2) is 11.5 Å². The van der Waals surface area contributed by atoms with E-state index >= 15 is 0 Å². The quantitative estimate of drug-likeness (QED) is 0.741. The van der Waals surface area contributed by atoms with Crippen LogP contribution in [0.2, 0.25) is 0 Å². The van der Waals surface area contributed by atoms with E-state index in [0.29, 0.717) is 5.56 Å². The first-order chi connectivity index (χ1) is 11.5. The summed E-state index contributed by atoms with van der Waals surface area (Å²) in [4.78, 5) is 0. The number of methoxy groups -OCH3 is 4. The molecule has 0 saturated carbocycles. The summed E-state index contributed by atoms with van der Waals surface area (Å²) < 4.78 is 62.3. The van der Waals surface area contributed by atoms with E-state index in [1.54, 1.807) is 0 Å². The van der Waals surface area contributed by atoms with E-state index in [2.05, 4.69) is 4.74 Å². The smallest absolute Gasteiger partial charge is 0.203 e. The second-order valence-corrected chi connectivity index (χ2v) is 3.43. The standard InChI is InChI=1S/C14H17NO4/c1-16-9-11(8-15)5-10-6-12(17-2)14(19-4)13(7-10)18-3/h5-7H,9H2,1-4H3/b11-5+/i1D3,4D3. The second kappa shape index (κ2) is 7.29. The van der Waals surface area contributed by atoms with E-state index in [9.17, 15) is 0 Å². The van der Waals surface area contributed by atoms with E-state index in [1.165, 1.54) is 32.4 Å². The van der Waals surface area contributed by atoms with Gasteiger partial charge in [-0.1, -0.05) is 0 Å². The van der Waals surface area contributed by atoms with Crippen LogP contribution in [0, 0.1) is 11.3 Å². The molecule has 1 rings (SSSR count). The van der Waals surface area contributed by atoms with Gasteiger partial charge in [0.05, 0.1) is 47.7 Å². The molecule has 0 amide bonds. The van der Waals surface area contributed by atoms with Gasteiger partial charge in [-0.05, 0) is 23.8 Å². The van der Waals surface area contributed by atoms with Crippen LogP contribution in [0.4, 0.5) is 0 Å². The average molecular weight is 269 g/mol. The summed E-state index contributed by atoms with van der Waals surface area (Å²) in [6.45, 7) is -0.412. The van der Waals surface area contributed by atoms with E-state index in [0.717, 1.165) is 0 Å². The molecule has 0 N–H and O–H groups in total. The minimum atomic E-state index is -2.71. The summed E-state index contributed by atoms with van der Waals surface area (Å²) in [6.07, 6.45) is 1.37. The van der Waals surface area contributed by atoms with Gasteiger partial charge < -0.3 is 18.9 Å². The maximum atomic E-state index is 9.10. The fourth-order valence-electron chi connectivity index (χ4n) is 1.47. The zero-order chi connectivity index (χ0) is 19.3. The summed E-state index contributed by atoms with van der Waals surface area (Å²) in [5.41, 5.74) is 0.460. The van der Waals surface area contributed by atoms with Gasteiger partial charge >= 0.3 is 0 Å². The van der Waals surface area contributed by atoms with Gasteiger partial charge in [0.25, 0.3) is 0 Å². The summed E-state index contributed by atoms with van der Waals surface area (Å²) >= 11 is 0. The van der Waals surface area contributed by atoms with Crippen molar-refractivity contribution in [3.63, 3.8) is 0 Å². The monoisotopic (exact) mass is 269 g/mol. The Kier molecular flexibility index (Phi) is 3.10. The predicted molar refractivity (Wildman–Crippen MR) is 71.6 cm³/mol. The lowest BCUT2D eigenvalue weighted by Gasteiger charge is -2.13. The molecule has 0 bridgehead atoms. The van der Waals surface area contributed by atoms with Crippen molar-refractivity contribution >= 4 is 6.08 Å². The van der Waals surface area contributed by atoms with Crippen LogP contribution in [0.25, 0.3) is 6.08 Å². The van der Waals surface area contributed by atoms with Gasteiger partial charge in [0.2, 0.25) is 5.75 Å². The predicted octanol–water partition coefficient (Wildman–Crippen LogP) is 2.27. The molecule has 0 aromatic heterocycles. The zero-order valence-electron chi connectivity index (χ0n) is 16.5. The molecule has 0 radical (unpaired) electrons. The van der Waals surface area contributed by atoms with Crippen LogP contribution in [0.5, 0.6) is 17.2 Å². The van der Waals surface area contributed by atoms with Crippen LogP contribution in [-0.4, -0.2) is 34.9 Å². The molecule has 0 aliphatic heterocycles. The maximum Gasteiger partial charge on any atom is 0.203 e. The molecule has 0 unspecified atom stereocenters. The molecule has 0 fully saturated rings. The topological polar surface area (TPSA) is 60.7 Å². The molecule has 102 valence electrons. The highest BCUT2D eigenvalue weighted by atomic mass is 16.5. The maximum absolute atomic E-state index is 9.10. The number of hydrogen-bond donors (Lipinski definition) is 0. The number of nitriles is 1. The van der Waals surface area contributed by atoms with Crippen molar-refractivity contribution in [1.29, 1.82) is 5.26 Å². The fourth-order valence-corrected chi connectivity index (χ4v) is 1.47. The van der Waals surface area contributed by atoms with Crippen LogP contribution in [0.1, 0.15) is 13.8 Å². The van der Waals surface area contributed by atoms with Crippen molar-refractivity contribution in [3.8, 4) is 23.3 Å². The van der Waals surface area contributed by atoms with Crippen molar-refractivity contribution in [2.45, 2.75) is 0 Å². The Balaban J connectivity index is 3.24. The van der Waals surface area contributed by atoms with E-state index in [-0.39, 0.29) is 22.8 Å². The van der Waals surface area contributed by atoms with Crippen LogP contribution in [0.3, 0.4) is 0 Å². The molecule has 19 heavy (non-hydrogen) atoms. The van der Waals surface area contributed by atoms with Crippen LogP contribution in [-0.2, 0) is 4.74 Å². The Labute approximate surface area is 121 Å². The first-order valence-corrected chi connectivity index (χ1v) is 5.19. The largest absolute Gasteiger partial charge is 0.493 e. The zero-order valence-corrected chi connectivity index (χ0v) is 10.5. The average Bonchev–Trinajstić information content (AvgIpc) is 2.49. The molecular formula is C14H17NO4. The molecule has 0 spiro atoms. The van der Waals surface area contributed by atoms with Gasteiger partial charge in [-0.15, -0.1) is 0 Å². The molecule has 1 aromatic rings. The SMILES string of the molecule is [2H]C([2H])([2H])OC/C(C#N)=C/c1cc(OC)c(OC([2H])([2H])[2H])c(OC)c1. The molecule has 0 aliphatic carbocycles. The molecule has 0 saturated heterocycles. The van der Waals surface area contributed by atoms with Gasteiger partial charge in [-0.2, -0.15) is 5.26 Å². The van der Waals surface area contributed by atoms with Crippen molar-refractivity contribution in [3.05, 3.63) is 23.3 Å². The lowest BCUT2D eigenvalue weighted by Crippen LogP contribution is -1.96. The number of ether oxygens (including phenoxy) is 4. The second-order valence-electron chi connectivity index (χ2n) is 3.43. The molecular weight excluding hydrogens is 246 g/mol. The summed E-state index contributed by atoms with van der Waals surface area (Å²) in [7, 11) is -2.69. The van der Waals surface area contributed by atoms with E-state index < -0.39 is 20.7 Å². The fraction of sp³-hybridized carbons (Fsp3) is 0.357. The van der Waals surface area contributed by atoms with Crippen LogP contribution < -0.4 is 14.2 Å². The number of benzene rings is 1. The van der Waals surface area contributed by atoms with Crippen molar-refractivity contribution < 1.29 is 27.2 Å². The molecule has 0 atom stereocenters. The first kappa shape index (κ1) is 8.08. The third kappa shape index (κ3) is 3.63. The third-order valence-corrected chi connectivity index (χ3v) is 2.30. The lowest BCUT2D eigenvalue weighted by molar-refractivity contribution is 0.229. The van der Waals surface area contributed by atoms with Crippen molar-refractivity contribution in [1.82, 2.24) is 0 Å². The highest BCUT2D eigenvalue weighted by Crippen LogP contribution is 2.38. The van der Waals surface area contributed by atoms with Gasteiger partial charge in [-0.3, -0.25) is 0 Å². The Morgan fingerprint density at radius 2 is 1.95 bits per heavy atom. The third-order valence-electron chi connectivity index (χ3n) is 2.30. The summed E-state index contributed by atoms with van der Waals surface area (Å²) in [5.74, 6) is 0.0471. The van der Waals surface area contributed by atoms with Crippen LogP contribution in [0.15, 0.2) is 17.7 Å². The highest BCUT2D eigenvalue weighted by molar-refractivity contribution is 5.65. The summed E-state index contributed by atoms with van der Waals surface area (Å²) in [6, 6.07) is 4.69. The van der Waals surface area contributed by atoms with Gasteiger partial charge in [0.1, 0.15) is 0 Å². The Morgan fingerprint density at radius 1 is 1.26 bits per heavy atom. The highest BCUT2D eigenvalue weighted by Gasteiger charge is 2.12. The van der Waals surface area contributed by atoms with E-state index in [1.807, 2.05) is 6.07 Å². The molecule has 0 aliphatic rings. The molecule has 0 heterocycles. The van der Waals surface area contributed by atoms with Gasteiger partial charge in [0, 0.05) is 7.04 Å². The summed E-state index contributed by atoms with van der Waals surface area (Å²) in [5, 5.41) is 9.10. The molecule has 5 nitrogen and oxygen atoms in total. The van der Waals surface area contributed by atoms with Crippen molar-refractivity contribution in [2.24, 2.45) is 0 Å².